The molecule has 0 aliphatic rings. The summed E-state index contributed by atoms with van der Waals surface area (Å²) < 4.78 is 4.05. The highest BCUT2D eigenvalue weighted by molar-refractivity contribution is 5.94. The van der Waals surface area contributed by atoms with Crippen LogP contribution in [0, 0.1) is 19.8 Å². The van der Waals surface area contributed by atoms with E-state index in [1.807, 2.05) is 12.1 Å². The Morgan fingerprint density at radius 1 is 1.17 bits per heavy atom. The molecule has 122 valence electrons. The molecule has 4 aromatic rings. The van der Waals surface area contributed by atoms with Gasteiger partial charge in [0.1, 0.15) is 12.0 Å². The van der Waals surface area contributed by atoms with Crippen molar-refractivity contribution in [3.05, 3.63) is 42.1 Å². The van der Waals surface area contributed by atoms with Crippen molar-refractivity contribution in [1.82, 2.24) is 29.1 Å². The van der Waals surface area contributed by atoms with Gasteiger partial charge in [-0.3, -0.25) is 4.98 Å². The van der Waals surface area contributed by atoms with Crippen LogP contribution in [0.1, 0.15) is 25.1 Å². The van der Waals surface area contributed by atoms with Crippen LogP contribution in [0.4, 0.5) is 0 Å². The van der Waals surface area contributed by atoms with Crippen LogP contribution in [0.5, 0.6) is 0 Å². The van der Waals surface area contributed by atoms with E-state index in [-0.39, 0.29) is 0 Å². The van der Waals surface area contributed by atoms with Gasteiger partial charge in [-0.05, 0) is 37.5 Å². The summed E-state index contributed by atoms with van der Waals surface area (Å²) in [6.45, 7) is 9.67. The van der Waals surface area contributed by atoms with Gasteiger partial charge in [0.15, 0.2) is 11.5 Å². The summed E-state index contributed by atoms with van der Waals surface area (Å²) in [5, 5.41) is 5.65. The highest BCUT2D eigenvalue weighted by Crippen LogP contribution is 2.28. The minimum absolute atomic E-state index is 0.556. The summed E-state index contributed by atoms with van der Waals surface area (Å²) in [5.41, 5.74) is 5.20. The van der Waals surface area contributed by atoms with Crippen molar-refractivity contribution in [2.75, 3.05) is 0 Å². The smallest absolute Gasteiger partial charge is 0.183 e. The van der Waals surface area contributed by atoms with Gasteiger partial charge >= 0.3 is 0 Å². The summed E-state index contributed by atoms with van der Waals surface area (Å²) in [5.74, 6) is 1.23. The second kappa shape index (κ2) is 5.40. The van der Waals surface area contributed by atoms with Crippen molar-refractivity contribution < 1.29 is 0 Å². The Labute approximate surface area is 140 Å². The molecule has 6 nitrogen and oxygen atoms in total. The van der Waals surface area contributed by atoms with Crippen molar-refractivity contribution in [1.29, 1.82) is 0 Å². The lowest BCUT2D eigenvalue weighted by atomic mass is 10.2. The monoisotopic (exact) mass is 320 g/mol. The molecule has 0 aromatic carbocycles. The molecule has 6 heteroatoms. The number of pyridine rings is 1. The molecular weight excluding hydrogens is 300 g/mol. The van der Waals surface area contributed by atoms with Crippen molar-refractivity contribution in [3.63, 3.8) is 0 Å². The number of hydrogen-bond acceptors (Lipinski definition) is 4. The van der Waals surface area contributed by atoms with Crippen molar-refractivity contribution in [3.8, 4) is 11.4 Å². The molecule has 0 amide bonds. The van der Waals surface area contributed by atoms with Gasteiger partial charge in [-0.15, -0.1) is 5.10 Å². The molecular formula is C18H20N6. The number of nitrogens with zero attached hydrogens (tertiary/aromatic N) is 6. The van der Waals surface area contributed by atoms with E-state index in [9.17, 15) is 0 Å². The first-order valence-corrected chi connectivity index (χ1v) is 8.17. The zero-order valence-electron chi connectivity index (χ0n) is 14.4. The van der Waals surface area contributed by atoms with Crippen molar-refractivity contribution in [2.24, 2.45) is 5.92 Å². The lowest BCUT2D eigenvalue weighted by molar-refractivity contribution is 0.524. The van der Waals surface area contributed by atoms with E-state index in [0.29, 0.717) is 11.7 Å². The highest BCUT2D eigenvalue weighted by Gasteiger charge is 2.18. The largest absolute Gasteiger partial charge is 0.329 e. The Balaban J connectivity index is 1.99. The first-order valence-electron chi connectivity index (χ1n) is 8.17. The fraction of sp³-hybridized carbons (Fsp3) is 0.333. The second-order valence-corrected chi connectivity index (χ2v) is 6.60. The Morgan fingerprint density at radius 2 is 2.00 bits per heavy atom. The molecule has 0 N–H and O–H groups in total. The van der Waals surface area contributed by atoms with E-state index < -0.39 is 0 Å². The van der Waals surface area contributed by atoms with Gasteiger partial charge in [-0.25, -0.2) is 14.5 Å². The lowest BCUT2D eigenvalue weighted by Crippen LogP contribution is -2.07. The molecule has 0 aliphatic carbocycles. The fourth-order valence-electron chi connectivity index (χ4n) is 3.14. The summed E-state index contributed by atoms with van der Waals surface area (Å²) in [6, 6.07) is 3.86. The van der Waals surface area contributed by atoms with Crippen LogP contribution in [-0.4, -0.2) is 29.1 Å². The number of fused-ring (bicyclic) bond motifs is 3. The zero-order valence-corrected chi connectivity index (χ0v) is 14.4. The molecule has 0 saturated carbocycles. The predicted octanol–water partition coefficient (Wildman–Crippen LogP) is 3.41. The van der Waals surface area contributed by atoms with Gasteiger partial charge in [0.05, 0.1) is 5.39 Å². The first-order chi connectivity index (χ1) is 11.6. The van der Waals surface area contributed by atoms with Crippen LogP contribution < -0.4 is 0 Å². The van der Waals surface area contributed by atoms with Crippen molar-refractivity contribution >= 4 is 16.7 Å². The third kappa shape index (κ3) is 2.18. The average Bonchev–Trinajstić information content (AvgIpc) is 3.11. The van der Waals surface area contributed by atoms with Crippen LogP contribution in [0.15, 0.2) is 30.9 Å². The second-order valence-electron chi connectivity index (χ2n) is 6.60. The molecule has 0 fully saturated rings. The maximum absolute atomic E-state index is 4.76. The molecule has 4 rings (SSSR count). The van der Waals surface area contributed by atoms with E-state index in [1.165, 1.54) is 11.3 Å². The molecule has 0 aliphatic heterocycles. The molecule has 0 saturated heterocycles. The summed E-state index contributed by atoms with van der Waals surface area (Å²) in [4.78, 5) is 13.6. The fourth-order valence-corrected chi connectivity index (χ4v) is 3.14. The summed E-state index contributed by atoms with van der Waals surface area (Å²) >= 11 is 0. The summed E-state index contributed by atoms with van der Waals surface area (Å²) in [6.07, 6.45) is 5.28. The number of aryl methyl sites for hydroxylation is 1. The Hall–Kier alpha value is -2.76. The minimum atomic E-state index is 0.556. The zero-order chi connectivity index (χ0) is 16.8. The molecule has 4 heterocycles. The molecule has 0 spiro atoms. The van der Waals surface area contributed by atoms with Crippen LogP contribution >= 0.6 is 0 Å². The molecule has 0 bridgehead atoms. The van der Waals surface area contributed by atoms with Gasteiger partial charge in [-0.2, -0.15) is 0 Å². The van der Waals surface area contributed by atoms with E-state index >= 15 is 0 Å². The van der Waals surface area contributed by atoms with Crippen LogP contribution in [0.2, 0.25) is 0 Å². The molecule has 4 aromatic heterocycles. The molecule has 24 heavy (non-hydrogen) atoms. The Kier molecular flexibility index (Phi) is 3.33. The third-order valence-electron chi connectivity index (χ3n) is 4.41. The third-order valence-corrected chi connectivity index (χ3v) is 4.41. The number of aromatic nitrogens is 6. The van der Waals surface area contributed by atoms with Gasteiger partial charge in [-0.1, -0.05) is 13.8 Å². The van der Waals surface area contributed by atoms with Crippen LogP contribution in [0.25, 0.3) is 28.1 Å². The van der Waals surface area contributed by atoms with Crippen molar-refractivity contribution in [2.45, 2.75) is 34.2 Å². The lowest BCUT2D eigenvalue weighted by Gasteiger charge is -2.10. The molecule has 0 atom stereocenters. The highest BCUT2D eigenvalue weighted by atomic mass is 15.3. The average molecular weight is 320 g/mol. The van der Waals surface area contributed by atoms with Gasteiger partial charge < -0.3 is 4.57 Å². The standard InChI is InChI=1S/C18H20N6/c1-11(2)9-23-13(4)12(3)15-17(23)20-10-24-18(15)21-16(22-24)14-6-5-7-19-8-14/h5-8,10-11H,9H2,1-4H3. The van der Waals surface area contributed by atoms with Crippen LogP contribution in [-0.2, 0) is 6.54 Å². The summed E-state index contributed by atoms with van der Waals surface area (Å²) in [7, 11) is 0. The number of hydrogen-bond donors (Lipinski definition) is 0. The topological polar surface area (TPSA) is 60.9 Å². The Bertz CT molecular complexity index is 1030. The molecule has 0 unspecified atom stereocenters. The van der Waals surface area contributed by atoms with E-state index in [1.54, 1.807) is 23.2 Å². The maximum atomic E-state index is 4.76. The first kappa shape index (κ1) is 14.8. The normalized spacial score (nSPS) is 11.9. The predicted molar refractivity (Wildman–Crippen MR) is 93.8 cm³/mol. The van der Waals surface area contributed by atoms with Gasteiger partial charge in [0.25, 0.3) is 0 Å². The quantitative estimate of drug-likeness (QED) is 0.580. The SMILES string of the molecule is Cc1c(C)n(CC(C)C)c2ncn3nc(-c4cccnc4)nc3c12. The van der Waals surface area contributed by atoms with Gasteiger partial charge in [0.2, 0.25) is 0 Å². The maximum Gasteiger partial charge on any atom is 0.183 e. The van der Waals surface area contributed by atoms with Crippen LogP contribution in [0.3, 0.4) is 0 Å². The number of rotatable bonds is 3. The van der Waals surface area contributed by atoms with E-state index in [4.69, 9.17) is 4.98 Å². The van der Waals surface area contributed by atoms with E-state index in [0.717, 1.165) is 28.8 Å². The Morgan fingerprint density at radius 3 is 2.71 bits per heavy atom. The van der Waals surface area contributed by atoms with Gasteiger partial charge in [0, 0.05) is 30.2 Å². The van der Waals surface area contributed by atoms with E-state index in [2.05, 4.69) is 47.3 Å². The minimum Gasteiger partial charge on any atom is -0.329 e. The molecule has 0 radical (unpaired) electrons.